The summed E-state index contributed by atoms with van der Waals surface area (Å²) in [6.07, 6.45) is 6.19. The molecule has 0 saturated carbocycles. The van der Waals surface area contributed by atoms with Crippen molar-refractivity contribution in [1.29, 1.82) is 0 Å². The molecule has 0 radical (unpaired) electrons. The number of carbonyl (C=O) groups excluding carboxylic acids is 2. The maximum atomic E-state index is 12.4. The minimum absolute atomic E-state index is 0.186. The zero-order valence-corrected chi connectivity index (χ0v) is 20.6. The third kappa shape index (κ3) is 7.06. The van der Waals surface area contributed by atoms with E-state index >= 15 is 0 Å². The van der Waals surface area contributed by atoms with Gasteiger partial charge in [0.15, 0.2) is 12.2 Å². The molecule has 0 aromatic heterocycles. The van der Waals surface area contributed by atoms with Crippen LogP contribution in [0.25, 0.3) is 12.2 Å². The number of carbonyl (C=O) groups is 2. The van der Waals surface area contributed by atoms with E-state index in [1.54, 1.807) is 12.2 Å². The monoisotopic (exact) mass is 492 g/mol. The van der Waals surface area contributed by atoms with E-state index < -0.39 is 36.4 Å². The highest BCUT2D eigenvalue weighted by Gasteiger charge is 2.51. The van der Waals surface area contributed by atoms with Gasteiger partial charge < -0.3 is 23.7 Å². The first-order valence-electron chi connectivity index (χ1n) is 12.3. The van der Waals surface area contributed by atoms with Crippen molar-refractivity contribution in [3.05, 3.63) is 77.4 Å². The second-order valence-corrected chi connectivity index (χ2v) is 8.89. The number of hydrogen-bond donors (Lipinski definition) is 0. The van der Waals surface area contributed by atoms with Gasteiger partial charge in [0.05, 0.1) is 19.8 Å². The third-order valence-corrected chi connectivity index (χ3v) is 6.05. The van der Waals surface area contributed by atoms with Crippen LogP contribution in [0.5, 0.6) is 5.75 Å². The highest BCUT2D eigenvalue weighted by atomic mass is 16.7. The summed E-state index contributed by atoms with van der Waals surface area (Å²) in [5.74, 6) is -0.159. The van der Waals surface area contributed by atoms with Crippen molar-refractivity contribution in [2.24, 2.45) is 0 Å². The molecule has 2 aromatic carbocycles. The average Bonchev–Trinajstić information content (AvgIpc) is 3.46. The Labute approximate surface area is 211 Å². The van der Waals surface area contributed by atoms with Gasteiger partial charge in [-0.05, 0) is 48.8 Å². The van der Waals surface area contributed by atoms with E-state index in [0.29, 0.717) is 6.61 Å². The summed E-state index contributed by atoms with van der Waals surface area (Å²) in [5, 5.41) is 0. The Morgan fingerprint density at radius 1 is 0.833 bits per heavy atom. The van der Waals surface area contributed by atoms with Gasteiger partial charge in [0, 0.05) is 12.2 Å². The lowest BCUT2D eigenvalue weighted by Crippen LogP contribution is -2.35. The third-order valence-electron chi connectivity index (χ3n) is 6.05. The van der Waals surface area contributed by atoms with Crippen molar-refractivity contribution in [1.82, 2.24) is 0 Å². The van der Waals surface area contributed by atoms with E-state index in [0.717, 1.165) is 35.3 Å². The first kappa shape index (κ1) is 25.7. The predicted molar refractivity (Wildman–Crippen MR) is 135 cm³/mol. The smallest absolute Gasteiger partial charge is 0.331 e. The molecule has 2 fully saturated rings. The van der Waals surface area contributed by atoms with Gasteiger partial charge in [-0.2, -0.15) is 0 Å². The Morgan fingerprint density at radius 3 is 1.83 bits per heavy atom. The minimum Gasteiger partial charge on any atom is -0.494 e. The zero-order chi connectivity index (χ0) is 25.3. The van der Waals surface area contributed by atoms with Gasteiger partial charge in [-0.25, -0.2) is 9.59 Å². The van der Waals surface area contributed by atoms with Gasteiger partial charge in [-0.15, -0.1) is 0 Å². The van der Waals surface area contributed by atoms with Gasteiger partial charge in [-0.1, -0.05) is 55.3 Å². The molecule has 7 heteroatoms. The van der Waals surface area contributed by atoms with Crippen LogP contribution in [0.1, 0.15) is 36.5 Å². The van der Waals surface area contributed by atoms with Gasteiger partial charge in [0.1, 0.15) is 18.0 Å². The quantitative estimate of drug-likeness (QED) is 0.274. The Kier molecular flexibility index (Phi) is 8.92. The summed E-state index contributed by atoms with van der Waals surface area (Å²) in [6.45, 7) is 5.19. The van der Waals surface area contributed by atoms with Crippen molar-refractivity contribution in [3.8, 4) is 5.75 Å². The number of rotatable bonds is 10. The summed E-state index contributed by atoms with van der Waals surface area (Å²) < 4.78 is 28.2. The number of aryl methyl sites for hydroxylation is 1. The van der Waals surface area contributed by atoms with Crippen LogP contribution < -0.4 is 4.74 Å². The van der Waals surface area contributed by atoms with Gasteiger partial charge >= 0.3 is 11.9 Å². The van der Waals surface area contributed by atoms with E-state index in [9.17, 15) is 9.59 Å². The summed E-state index contributed by atoms with van der Waals surface area (Å²) in [7, 11) is 0. The van der Waals surface area contributed by atoms with Crippen LogP contribution >= 0.6 is 0 Å². The van der Waals surface area contributed by atoms with Crippen LogP contribution in [0.4, 0.5) is 0 Å². The molecule has 2 heterocycles. The summed E-state index contributed by atoms with van der Waals surface area (Å²) in [4.78, 5) is 24.6. The maximum Gasteiger partial charge on any atom is 0.331 e. The van der Waals surface area contributed by atoms with Crippen LogP contribution in [0.15, 0.2) is 60.7 Å². The second kappa shape index (κ2) is 12.5. The molecule has 4 atom stereocenters. The molecule has 2 saturated heterocycles. The highest BCUT2D eigenvalue weighted by molar-refractivity contribution is 5.87. The highest BCUT2D eigenvalue weighted by Crippen LogP contribution is 2.31. The van der Waals surface area contributed by atoms with Gasteiger partial charge in [0.2, 0.25) is 0 Å². The van der Waals surface area contributed by atoms with Crippen molar-refractivity contribution >= 4 is 24.1 Å². The number of ether oxygens (including phenoxy) is 5. The number of fused-ring (bicyclic) bond motifs is 1. The Bertz CT molecular complexity index is 1070. The molecule has 0 spiro atoms. The summed E-state index contributed by atoms with van der Waals surface area (Å²) in [6, 6.07) is 15.3. The summed E-state index contributed by atoms with van der Waals surface area (Å²) in [5.41, 5.74) is 2.92. The zero-order valence-electron chi connectivity index (χ0n) is 20.6. The van der Waals surface area contributed by atoms with E-state index in [4.69, 9.17) is 23.7 Å². The minimum atomic E-state index is -0.562. The van der Waals surface area contributed by atoms with Gasteiger partial charge in [0.25, 0.3) is 0 Å². The molecular formula is C29H32O7. The predicted octanol–water partition coefficient (Wildman–Crippen LogP) is 4.52. The molecule has 2 aliphatic rings. The van der Waals surface area contributed by atoms with Crippen LogP contribution in [0, 0.1) is 6.92 Å². The molecular weight excluding hydrogens is 460 g/mol. The van der Waals surface area contributed by atoms with Crippen molar-refractivity contribution in [2.75, 3.05) is 19.8 Å². The molecule has 2 aliphatic heterocycles. The van der Waals surface area contributed by atoms with Crippen LogP contribution in [-0.4, -0.2) is 56.2 Å². The van der Waals surface area contributed by atoms with Crippen LogP contribution in [-0.2, 0) is 28.5 Å². The molecule has 36 heavy (non-hydrogen) atoms. The number of hydrogen-bond acceptors (Lipinski definition) is 7. The second-order valence-electron chi connectivity index (χ2n) is 8.89. The van der Waals surface area contributed by atoms with Crippen molar-refractivity contribution in [2.45, 2.75) is 51.1 Å². The maximum absolute atomic E-state index is 12.4. The summed E-state index contributed by atoms with van der Waals surface area (Å²) >= 11 is 0. The molecule has 0 N–H and O–H groups in total. The molecule has 0 unspecified atom stereocenters. The van der Waals surface area contributed by atoms with E-state index in [-0.39, 0.29) is 13.2 Å². The molecule has 4 rings (SSSR count). The largest absolute Gasteiger partial charge is 0.494 e. The van der Waals surface area contributed by atoms with E-state index in [1.165, 1.54) is 12.2 Å². The number of benzene rings is 2. The van der Waals surface area contributed by atoms with Crippen LogP contribution in [0.2, 0.25) is 0 Å². The lowest BCUT2D eigenvalue weighted by atomic mass is 10.1. The van der Waals surface area contributed by atoms with Gasteiger partial charge in [-0.3, -0.25) is 0 Å². The van der Waals surface area contributed by atoms with Crippen molar-refractivity contribution < 1.29 is 33.3 Å². The molecule has 0 bridgehead atoms. The topological polar surface area (TPSA) is 80.3 Å². The lowest BCUT2D eigenvalue weighted by molar-refractivity contribution is -0.149. The fourth-order valence-electron chi connectivity index (χ4n) is 4.02. The fourth-order valence-corrected chi connectivity index (χ4v) is 4.02. The average molecular weight is 493 g/mol. The molecule has 0 aliphatic carbocycles. The first-order chi connectivity index (χ1) is 17.5. The Morgan fingerprint density at radius 2 is 1.33 bits per heavy atom. The molecule has 2 aromatic rings. The van der Waals surface area contributed by atoms with E-state index in [1.807, 2.05) is 55.5 Å². The number of esters is 2. The Hall–Kier alpha value is -3.42. The normalized spacial score (nSPS) is 23.2. The molecule has 0 amide bonds. The standard InChI is InChI=1S/C29H32O7/c1-3-4-17-32-23-13-9-22(10-14-23)12-16-27(31)36-25-19-34-28-24(18-33-29(25)28)35-26(30)15-11-21-7-5-20(2)6-8-21/h5-16,24-25,28-29H,3-4,17-19H2,1-2H3/b15-11+,16-12+/t24-,25-,28-,29-/m1/s1. The van der Waals surface area contributed by atoms with E-state index in [2.05, 4.69) is 6.92 Å². The number of unbranched alkanes of at least 4 members (excludes halogenated alkanes) is 1. The lowest BCUT2D eigenvalue weighted by Gasteiger charge is -2.16. The first-order valence-corrected chi connectivity index (χ1v) is 12.3. The van der Waals surface area contributed by atoms with Crippen LogP contribution in [0.3, 0.4) is 0 Å². The SMILES string of the molecule is CCCCOc1ccc(/C=C/C(=O)O[C@@H]2CO[C@H]3[C@@H]2OC[C@H]3OC(=O)/C=C/c2ccc(C)cc2)cc1. The molecule has 190 valence electrons. The Balaban J connectivity index is 1.23. The molecule has 7 nitrogen and oxygen atoms in total. The fraction of sp³-hybridized carbons (Fsp3) is 0.379. The van der Waals surface area contributed by atoms with Crippen molar-refractivity contribution in [3.63, 3.8) is 0 Å².